The van der Waals surface area contributed by atoms with Gasteiger partial charge in [-0.1, -0.05) is 0 Å². The van der Waals surface area contributed by atoms with Crippen LogP contribution in [0, 0.1) is 17.0 Å². The second-order valence-corrected chi connectivity index (χ2v) is 3.53. The molecule has 0 radical (unpaired) electrons. The normalized spacial score (nSPS) is 10.2. The lowest BCUT2D eigenvalue weighted by atomic mass is 10.4. The molecule has 8 nitrogen and oxygen atoms in total. The number of H-pyrrole nitrogens is 1. The number of nitrogens with one attached hydrogen (secondary N) is 2. The van der Waals surface area contributed by atoms with Crippen LogP contribution in [-0.2, 0) is 0 Å². The molecule has 0 aromatic carbocycles. The third kappa shape index (κ3) is 2.48. The summed E-state index contributed by atoms with van der Waals surface area (Å²) in [5.74, 6) is 0.418. The predicted octanol–water partition coefficient (Wildman–Crippen LogP) is 1.81. The molecule has 2 aromatic rings. The predicted molar refractivity (Wildman–Crippen MR) is 60.3 cm³/mol. The highest BCUT2D eigenvalue weighted by molar-refractivity contribution is 6.28. The molecule has 2 heterocycles. The number of rotatable bonds is 3. The van der Waals surface area contributed by atoms with Crippen LogP contribution in [0.2, 0.25) is 5.28 Å². The molecular weight excluding hydrogens is 248 g/mol. The van der Waals surface area contributed by atoms with Gasteiger partial charge in [0.2, 0.25) is 11.1 Å². The summed E-state index contributed by atoms with van der Waals surface area (Å²) in [5.41, 5.74) is 0.547. The van der Waals surface area contributed by atoms with Crippen molar-refractivity contribution < 1.29 is 4.92 Å². The number of anilines is 2. The number of aromatic nitrogens is 4. The Bertz CT molecular complexity index is 569. The molecule has 0 aliphatic rings. The van der Waals surface area contributed by atoms with Crippen LogP contribution in [0.15, 0.2) is 12.3 Å². The van der Waals surface area contributed by atoms with Gasteiger partial charge in [-0.05, 0) is 18.5 Å². The highest BCUT2D eigenvalue weighted by Gasteiger charge is 2.17. The van der Waals surface area contributed by atoms with Crippen molar-refractivity contribution in [1.82, 2.24) is 20.2 Å². The maximum absolute atomic E-state index is 10.7. The molecule has 0 saturated carbocycles. The van der Waals surface area contributed by atoms with Gasteiger partial charge in [-0.3, -0.25) is 15.2 Å². The summed E-state index contributed by atoms with van der Waals surface area (Å²) >= 11 is 5.58. The molecule has 0 spiro atoms. The van der Waals surface area contributed by atoms with Gasteiger partial charge in [0.15, 0.2) is 5.82 Å². The number of nitro groups is 1. The van der Waals surface area contributed by atoms with E-state index in [0.717, 1.165) is 11.9 Å². The summed E-state index contributed by atoms with van der Waals surface area (Å²) in [5, 5.41) is 19.9. The van der Waals surface area contributed by atoms with Gasteiger partial charge >= 0.3 is 5.69 Å². The van der Waals surface area contributed by atoms with Crippen LogP contribution in [0.1, 0.15) is 5.69 Å². The Morgan fingerprint density at radius 1 is 1.59 bits per heavy atom. The van der Waals surface area contributed by atoms with E-state index in [0.29, 0.717) is 5.82 Å². The van der Waals surface area contributed by atoms with Crippen molar-refractivity contribution in [2.45, 2.75) is 6.92 Å². The van der Waals surface area contributed by atoms with Gasteiger partial charge in [-0.2, -0.15) is 10.1 Å². The minimum absolute atomic E-state index is 0.00139. The molecule has 0 aliphatic carbocycles. The van der Waals surface area contributed by atoms with Gasteiger partial charge in [-0.15, -0.1) is 0 Å². The first kappa shape index (κ1) is 11.3. The SMILES string of the molecule is Cc1cc(Nc2nc(Cl)ncc2[N+](=O)[O-])n[nH]1. The molecular formula is C8H7ClN6O2. The zero-order valence-electron chi connectivity index (χ0n) is 8.64. The molecule has 2 rings (SSSR count). The molecule has 0 amide bonds. The Kier molecular flexibility index (Phi) is 2.88. The first-order chi connectivity index (χ1) is 8.06. The average Bonchev–Trinajstić information content (AvgIpc) is 2.63. The largest absolute Gasteiger partial charge is 0.329 e. The number of aryl methyl sites for hydroxylation is 1. The lowest BCUT2D eigenvalue weighted by Gasteiger charge is -2.02. The number of nitrogens with zero attached hydrogens (tertiary/aromatic N) is 4. The highest BCUT2D eigenvalue weighted by atomic mass is 35.5. The first-order valence-electron chi connectivity index (χ1n) is 4.52. The van der Waals surface area contributed by atoms with Crippen LogP contribution in [0.5, 0.6) is 0 Å². The first-order valence-corrected chi connectivity index (χ1v) is 4.90. The maximum atomic E-state index is 10.7. The van der Waals surface area contributed by atoms with E-state index in [9.17, 15) is 10.1 Å². The number of aromatic amines is 1. The highest BCUT2D eigenvalue weighted by Crippen LogP contribution is 2.24. The van der Waals surface area contributed by atoms with Crippen molar-refractivity contribution in [3.8, 4) is 0 Å². The monoisotopic (exact) mass is 254 g/mol. The second kappa shape index (κ2) is 4.34. The summed E-state index contributed by atoms with van der Waals surface area (Å²) in [4.78, 5) is 17.4. The van der Waals surface area contributed by atoms with E-state index < -0.39 is 4.92 Å². The Morgan fingerprint density at radius 3 is 2.94 bits per heavy atom. The molecule has 0 fully saturated rings. The molecule has 0 bridgehead atoms. The fourth-order valence-corrected chi connectivity index (χ4v) is 1.32. The minimum Gasteiger partial charge on any atom is -0.318 e. The zero-order valence-corrected chi connectivity index (χ0v) is 9.39. The topological polar surface area (TPSA) is 110 Å². The van der Waals surface area contributed by atoms with Crippen LogP contribution >= 0.6 is 11.6 Å². The van der Waals surface area contributed by atoms with Gasteiger partial charge < -0.3 is 5.32 Å². The van der Waals surface area contributed by atoms with Gasteiger partial charge in [0.1, 0.15) is 6.20 Å². The Hall–Kier alpha value is -2.22. The van der Waals surface area contributed by atoms with Crippen molar-refractivity contribution in [2.24, 2.45) is 0 Å². The van der Waals surface area contributed by atoms with E-state index in [-0.39, 0.29) is 16.8 Å². The summed E-state index contributed by atoms with van der Waals surface area (Å²) in [6.45, 7) is 1.81. The van der Waals surface area contributed by atoms with Crippen LogP contribution in [-0.4, -0.2) is 25.1 Å². The van der Waals surface area contributed by atoms with Gasteiger partial charge in [0.05, 0.1) is 4.92 Å². The quantitative estimate of drug-likeness (QED) is 0.491. The fraction of sp³-hybridized carbons (Fsp3) is 0.125. The fourth-order valence-electron chi connectivity index (χ4n) is 1.18. The molecule has 0 saturated heterocycles. The van der Waals surface area contributed by atoms with Gasteiger partial charge in [0.25, 0.3) is 0 Å². The third-order valence-electron chi connectivity index (χ3n) is 1.89. The molecule has 17 heavy (non-hydrogen) atoms. The van der Waals surface area contributed by atoms with E-state index in [1.54, 1.807) is 13.0 Å². The number of hydrogen-bond donors (Lipinski definition) is 2. The molecule has 0 aliphatic heterocycles. The standard InChI is InChI=1S/C8H7ClN6O2/c1-4-2-6(14-13-4)11-7-5(15(16)17)3-10-8(9)12-7/h2-3H,1H3,(H2,10,11,12,13,14). The molecule has 0 unspecified atom stereocenters. The van der Waals surface area contributed by atoms with E-state index in [1.165, 1.54) is 0 Å². The number of hydrogen-bond acceptors (Lipinski definition) is 6. The lowest BCUT2D eigenvalue weighted by molar-refractivity contribution is -0.384. The van der Waals surface area contributed by atoms with E-state index in [1.807, 2.05) is 0 Å². The average molecular weight is 255 g/mol. The Balaban J connectivity index is 2.37. The van der Waals surface area contributed by atoms with Crippen LogP contribution in [0.25, 0.3) is 0 Å². The van der Waals surface area contributed by atoms with E-state index in [4.69, 9.17) is 11.6 Å². The van der Waals surface area contributed by atoms with Crippen molar-refractivity contribution in [1.29, 1.82) is 0 Å². The molecule has 88 valence electrons. The Morgan fingerprint density at radius 2 is 2.35 bits per heavy atom. The van der Waals surface area contributed by atoms with Crippen molar-refractivity contribution in [3.63, 3.8) is 0 Å². The molecule has 2 aromatic heterocycles. The van der Waals surface area contributed by atoms with Crippen LogP contribution in [0.3, 0.4) is 0 Å². The number of halogens is 1. The van der Waals surface area contributed by atoms with Crippen molar-refractivity contribution in [3.05, 3.63) is 33.4 Å². The van der Waals surface area contributed by atoms with E-state index in [2.05, 4.69) is 25.5 Å². The van der Waals surface area contributed by atoms with E-state index >= 15 is 0 Å². The smallest absolute Gasteiger partial charge is 0.318 e. The molecule has 0 atom stereocenters. The maximum Gasteiger partial charge on any atom is 0.329 e. The lowest BCUT2D eigenvalue weighted by Crippen LogP contribution is -2.01. The van der Waals surface area contributed by atoms with Crippen molar-refractivity contribution in [2.75, 3.05) is 5.32 Å². The summed E-state index contributed by atoms with van der Waals surface area (Å²) in [6.07, 6.45) is 1.04. The van der Waals surface area contributed by atoms with Gasteiger partial charge in [-0.25, -0.2) is 4.98 Å². The summed E-state index contributed by atoms with van der Waals surface area (Å²) in [7, 11) is 0. The zero-order chi connectivity index (χ0) is 12.4. The third-order valence-corrected chi connectivity index (χ3v) is 2.07. The summed E-state index contributed by atoms with van der Waals surface area (Å²) < 4.78 is 0. The van der Waals surface area contributed by atoms with Crippen molar-refractivity contribution >= 4 is 28.9 Å². The summed E-state index contributed by atoms with van der Waals surface area (Å²) in [6, 6.07) is 1.68. The van der Waals surface area contributed by atoms with Crippen LogP contribution < -0.4 is 5.32 Å². The second-order valence-electron chi connectivity index (χ2n) is 3.19. The van der Waals surface area contributed by atoms with Crippen LogP contribution in [0.4, 0.5) is 17.3 Å². The molecule has 9 heteroatoms. The Labute approximate surface area is 100 Å². The molecule has 2 N–H and O–H groups in total. The van der Waals surface area contributed by atoms with Gasteiger partial charge in [0, 0.05) is 11.8 Å². The minimum atomic E-state index is -0.599.